The number of nitrogens with one attached hydrogen (secondary N) is 1. The van der Waals surface area contributed by atoms with E-state index in [0.29, 0.717) is 13.1 Å². The minimum atomic E-state index is -0.456. The lowest BCUT2D eigenvalue weighted by atomic mass is 9.72. The zero-order valence-corrected chi connectivity index (χ0v) is 20.1. The van der Waals surface area contributed by atoms with E-state index in [4.69, 9.17) is 5.10 Å². The topological polar surface area (TPSA) is 63.1 Å². The Bertz CT molecular complexity index is 1490. The minimum absolute atomic E-state index is 0.0484. The average Bonchev–Trinajstić information content (AvgIpc) is 3.58. The molecule has 0 radical (unpaired) electrons. The summed E-state index contributed by atoms with van der Waals surface area (Å²) in [4.78, 5) is 20.0. The van der Waals surface area contributed by atoms with Gasteiger partial charge in [0, 0.05) is 47.9 Å². The SMILES string of the molecule is O=C(NC1(c2cccc(F)c2)CCC1)N1CCC2(CCn3nc(-c4cnc5ccccc5c4)cc32)C1. The molecule has 2 aromatic heterocycles. The number of nitrogens with zero attached hydrogens (tertiary/aromatic N) is 4. The van der Waals surface area contributed by atoms with Gasteiger partial charge < -0.3 is 10.2 Å². The molecule has 2 aliphatic heterocycles. The predicted octanol–water partition coefficient (Wildman–Crippen LogP) is 5.37. The van der Waals surface area contributed by atoms with Crippen molar-refractivity contribution in [3.05, 3.63) is 83.9 Å². The summed E-state index contributed by atoms with van der Waals surface area (Å²) < 4.78 is 16.0. The fourth-order valence-electron chi connectivity index (χ4n) is 6.36. The molecule has 4 heterocycles. The van der Waals surface area contributed by atoms with Crippen LogP contribution in [-0.4, -0.2) is 38.8 Å². The molecule has 7 heteroatoms. The zero-order chi connectivity index (χ0) is 24.3. The van der Waals surface area contributed by atoms with Gasteiger partial charge in [0.2, 0.25) is 0 Å². The number of aromatic nitrogens is 3. The van der Waals surface area contributed by atoms with E-state index in [2.05, 4.69) is 33.2 Å². The second-order valence-corrected chi connectivity index (χ2v) is 10.6. The molecule has 2 aromatic carbocycles. The van der Waals surface area contributed by atoms with Gasteiger partial charge >= 0.3 is 6.03 Å². The number of urea groups is 1. The van der Waals surface area contributed by atoms with Crippen molar-refractivity contribution >= 4 is 16.9 Å². The largest absolute Gasteiger partial charge is 0.328 e. The normalized spacial score (nSPS) is 22.1. The van der Waals surface area contributed by atoms with E-state index in [1.807, 2.05) is 35.4 Å². The van der Waals surface area contributed by atoms with Gasteiger partial charge in [-0.3, -0.25) is 9.67 Å². The third-order valence-electron chi connectivity index (χ3n) is 8.58. The van der Waals surface area contributed by atoms with Crippen molar-refractivity contribution in [1.29, 1.82) is 0 Å². The van der Waals surface area contributed by atoms with Crippen LogP contribution in [0.2, 0.25) is 0 Å². The Labute approximate surface area is 209 Å². The summed E-state index contributed by atoms with van der Waals surface area (Å²) >= 11 is 0. The van der Waals surface area contributed by atoms with E-state index in [9.17, 15) is 9.18 Å². The van der Waals surface area contributed by atoms with Crippen molar-refractivity contribution in [1.82, 2.24) is 25.0 Å². The Morgan fingerprint density at radius 3 is 2.67 bits per heavy atom. The van der Waals surface area contributed by atoms with Crippen molar-refractivity contribution in [2.24, 2.45) is 0 Å². The summed E-state index contributed by atoms with van der Waals surface area (Å²) in [5.41, 5.74) is 4.48. The third-order valence-corrected chi connectivity index (χ3v) is 8.58. The number of carbonyl (C=O) groups excluding carboxylic acids is 1. The summed E-state index contributed by atoms with van der Waals surface area (Å²) in [5, 5.41) is 9.29. The fourth-order valence-corrected chi connectivity index (χ4v) is 6.36. The molecule has 1 atom stereocenters. The first-order valence-electron chi connectivity index (χ1n) is 12.8. The van der Waals surface area contributed by atoms with Crippen molar-refractivity contribution in [3.8, 4) is 11.3 Å². The van der Waals surface area contributed by atoms with Crippen LogP contribution in [0.4, 0.5) is 9.18 Å². The van der Waals surface area contributed by atoms with Gasteiger partial charge in [-0.1, -0.05) is 30.3 Å². The molecule has 2 fully saturated rings. The summed E-state index contributed by atoms with van der Waals surface area (Å²) in [6.45, 7) is 2.25. The molecule has 1 spiro atoms. The molecule has 36 heavy (non-hydrogen) atoms. The first-order valence-corrected chi connectivity index (χ1v) is 12.8. The molecule has 182 valence electrons. The van der Waals surface area contributed by atoms with Gasteiger partial charge in [-0.2, -0.15) is 5.10 Å². The molecule has 1 saturated carbocycles. The van der Waals surface area contributed by atoms with Gasteiger partial charge in [0.25, 0.3) is 0 Å². The first kappa shape index (κ1) is 21.5. The van der Waals surface area contributed by atoms with E-state index in [-0.39, 0.29) is 17.3 Å². The standard InChI is InChI=1S/C29H28FN5O/c30-23-7-3-6-22(16-23)29(9-4-10-29)32-27(36)34-13-11-28(19-34)12-14-35-26(28)17-25(33-35)21-15-20-5-1-2-8-24(20)31-18-21/h1-3,5-8,15-18H,4,9-14,19H2,(H,32,36). The number of hydrogen-bond acceptors (Lipinski definition) is 3. The van der Waals surface area contributed by atoms with Crippen molar-refractivity contribution in [2.45, 2.75) is 49.6 Å². The Hall–Kier alpha value is -3.74. The number of para-hydroxylation sites is 1. The van der Waals surface area contributed by atoms with Crippen molar-refractivity contribution in [2.75, 3.05) is 13.1 Å². The van der Waals surface area contributed by atoms with Crippen LogP contribution in [0.3, 0.4) is 0 Å². The number of halogens is 1. The van der Waals surface area contributed by atoms with Gasteiger partial charge in [-0.25, -0.2) is 9.18 Å². The van der Waals surface area contributed by atoms with Crippen molar-refractivity contribution < 1.29 is 9.18 Å². The summed E-state index contributed by atoms with van der Waals surface area (Å²) in [7, 11) is 0. The molecule has 7 rings (SSSR count). The number of likely N-dealkylation sites (tertiary alicyclic amines) is 1. The van der Waals surface area contributed by atoms with Gasteiger partial charge in [-0.15, -0.1) is 0 Å². The number of benzene rings is 2. The molecule has 1 aliphatic carbocycles. The first-order chi connectivity index (χ1) is 17.5. The van der Waals surface area contributed by atoms with Crippen LogP contribution in [0.5, 0.6) is 0 Å². The van der Waals surface area contributed by atoms with E-state index in [0.717, 1.165) is 66.4 Å². The number of pyridine rings is 1. The van der Waals surface area contributed by atoms with E-state index in [1.54, 1.807) is 12.1 Å². The van der Waals surface area contributed by atoms with Crippen LogP contribution < -0.4 is 5.32 Å². The van der Waals surface area contributed by atoms with Crippen LogP contribution in [0.1, 0.15) is 43.4 Å². The van der Waals surface area contributed by atoms with Crippen molar-refractivity contribution in [3.63, 3.8) is 0 Å². The smallest absolute Gasteiger partial charge is 0.318 e. The lowest BCUT2D eigenvalue weighted by molar-refractivity contribution is 0.154. The number of rotatable bonds is 3. The second-order valence-electron chi connectivity index (χ2n) is 10.6. The Morgan fingerprint density at radius 2 is 1.83 bits per heavy atom. The highest BCUT2D eigenvalue weighted by Crippen LogP contribution is 2.45. The lowest BCUT2D eigenvalue weighted by Crippen LogP contribution is -2.54. The lowest BCUT2D eigenvalue weighted by Gasteiger charge is -2.44. The van der Waals surface area contributed by atoms with Crippen LogP contribution in [-0.2, 0) is 17.5 Å². The molecule has 4 aromatic rings. The van der Waals surface area contributed by atoms with E-state index in [1.165, 1.54) is 11.8 Å². The molecular weight excluding hydrogens is 453 g/mol. The van der Waals surface area contributed by atoms with Gasteiger partial charge in [0.15, 0.2) is 0 Å². The Morgan fingerprint density at radius 1 is 0.972 bits per heavy atom. The molecule has 6 nitrogen and oxygen atoms in total. The van der Waals surface area contributed by atoms with Gasteiger partial charge in [0.1, 0.15) is 5.82 Å². The van der Waals surface area contributed by atoms with Crippen LogP contribution in [0.25, 0.3) is 22.2 Å². The van der Waals surface area contributed by atoms with Crippen LogP contribution in [0.15, 0.2) is 66.9 Å². The number of carbonyl (C=O) groups is 1. The Kier molecular flexibility index (Phi) is 4.72. The number of fused-ring (bicyclic) bond motifs is 3. The molecule has 2 amide bonds. The molecular formula is C29H28FN5O. The van der Waals surface area contributed by atoms with E-state index < -0.39 is 5.54 Å². The zero-order valence-electron chi connectivity index (χ0n) is 20.1. The maximum absolute atomic E-state index is 13.9. The molecule has 1 unspecified atom stereocenters. The minimum Gasteiger partial charge on any atom is -0.328 e. The van der Waals surface area contributed by atoms with Gasteiger partial charge in [-0.05, 0) is 68.0 Å². The summed E-state index contributed by atoms with van der Waals surface area (Å²) in [6.07, 6.45) is 6.53. The highest BCUT2D eigenvalue weighted by Gasteiger charge is 2.48. The second kappa shape index (κ2) is 7.88. The average molecular weight is 482 g/mol. The van der Waals surface area contributed by atoms with Crippen LogP contribution >= 0.6 is 0 Å². The third kappa shape index (κ3) is 3.33. The quantitative estimate of drug-likeness (QED) is 0.428. The van der Waals surface area contributed by atoms with Crippen LogP contribution in [0, 0.1) is 5.82 Å². The molecule has 3 aliphatic rings. The van der Waals surface area contributed by atoms with E-state index >= 15 is 0 Å². The molecule has 0 bridgehead atoms. The molecule has 1 N–H and O–H groups in total. The maximum atomic E-state index is 13.9. The summed E-state index contributed by atoms with van der Waals surface area (Å²) in [5.74, 6) is -0.259. The number of aryl methyl sites for hydroxylation is 1. The summed E-state index contributed by atoms with van der Waals surface area (Å²) in [6, 6.07) is 19.1. The molecule has 1 saturated heterocycles. The predicted molar refractivity (Wildman–Crippen MR) is 136 cm³/mol. The fraction of sp³-hybridized carbons (Fsp3) is 0.345. The number of amides is 2. The Balaban J connectivity index is 1.12. The van der Waals surface area contributed by atoms with Gasteiger partial charge in [0.05, 0.1) is 16.7 Å². The number of hydrogen-bond donors (Lipinski definition) is 1. The monoisotopic (exact) mass is 481 g/mol. The highest BCUT2D eigenvalue weighted by atomic mass is 19.1. The maximum Gasteiger partial charge on any atom is 0.318 e. The highest BCUT2D eigenvalue weighted by molar-refractivity contribution is 5.83.